The van der Waals surface area contributed by atoms with Gasteiger partial charge in [0, 0.05) is 12.2 Å². The fraction of sp³-hybridized carbons (Fsp3) is 0.417. The number of hydrogen-bond donors (Lipinski definition) is 2. The standard InChI is InChI=1S/C12H15FN2O/c13-10-4-1-5-11(7-10)15-12(16)9-3-2-6-14-8-9/h1,4-5,7,9,14H,2-3,6,8H2,(H,15,16). The number of amides is 1. The van der Waals surface area contributed by atoms with Gasteiger partial charge in [-0.15, -0.1) is 0 Å². The molecule has 1 atom stereocenters. The van der Waals surface area contributed by atoms with Crippen molar-refractivity contribution in [3.63, 3.8) is 0 Å². The van der Waals surface area contributed by atoms with Gasteiger partial charge < -0.3 is 10.6 Å². The highest BCUT2D eigenvalue weighted by molar-refractivity contribution is 5.92. The molecule has 1 aromatic rings. The van der Waals surface area contributed by atoms with Crippen LogP contribution >= 0.6 is 0 Å². The zero-order valence-corrected chi connectivity index (χ0v) is 9.00. The molecule has 1 heterocycles. The molecule has 0 bridgehead atoms. The number of benzene rings is 1. The van der Waals surface area contributed by atoms with E-state index in [1.807, 2.05) is 0 Å². The summed E-state index contributed by atoms with van der Waals surface area (Å²) < 4.78 is 12.9. The first-order valence-electron chi connectivity index (χ1n) is 5.53. The van der Waals surface area contributed by atoms with Crippen molar-refractivity contribution >= 4 is 11.6 Å². The zero-order chi connectivity index (χ0) is 11.4. The maximum Gasteiger partial charge on any atom is 0.228 e. The van der Waals surface area contributed by atoms with Crippen LogP contribution in [0.1, 0.15) is 12.8 Å². The van der Waals surface area contributed by atoms with E-state index in [4.69, 9.17) is 0 Å². The van der Waals surface area contributed by atoms with Crippen molar-refractivity contribution in [2.45, 2.75) is 12.8 Å². The third kappa shape index (κ3) is 2.79. The van der Waals surface area contributed by atoms with Crippen molar-refractivity contribution in [1.82, 2.24) is 5.32 Å². The van der Waals surface area contributed by atoms with Gasteiger partial charge in [-0.1, -0.05) is 6.07 Å². The molecule has 3 nitrogen and oxygen atoms in total. The molecule has 2 rings (SSSR count). The third-order valence-corrected chi connectivity index (χ3v) is 2.76. The van der Waals surface area contributed by atoms with Crippen molar-refractivity contribution in [1.29, 1.82) is 0 Å². The molecule has 86 valence electrons. The average molecular weight is 222 g/mol. The Bertz CT molecular complexity index is 375. The summed E-state index contributed by atoms with van der Waals surface area (Å²) in [7, 11) is 0. The summed E-state index contributed by atoms with van der Waals surface area (Å²) in [6.45, 7) is 1.69. The van der Waals surface area contributed by atoms with Gasteiger partial charge >= 0.3 is 0 Å². The summed E-state index contributed by atoms with van der Waals surface area (Å²) in [5.74, 6) is -0.366. The lowest BCUT2D eigenvalue weighted by Gasteiger charge is -2.21. The van der Waals surface area contributed by atoms with E-state index < -0.39 is 0 Å². The molecule has 1 aliphatic heterocycles. The van der Waals surface area contributed by atoms with Crippen LogP contribution in [-0.4, -0.2) is 19.0 Å². The van der Waals surface area contributed by atoms with Crippen molar-refractivity contribution in [3.8, 4) is 0 Å². The van der Waals surface area contributed by atoms with E-state index in [0.717, 1.165) is 19.4 Å². The average Bonchev–Trinajstić information content (AvgIpc) is 2.30. The van der Waals surface area contributed by atoms with Gasteiger partial charge in [-0.3, -0.25) is 4.79 Å². The Hall–Kier alpha value is -1.42. The maximum atomic E-state index is 12.9. The second-order valence-corrected chi connectivity index (χ2v) is 4.04. The van der Waals surface area contributed by atoms with E-state index in [9.17, 15) is 9.18 Å². The SMILES string of the molecule is O=C(Nc1cccc(F)c1)C1CCCNC1. The summed E-state index contributed by atoms with van der Waals surface area (Å²) in [5.41, 5.74) is 0.524. The molecule has 1 aliphatic rings. The van der Waals surface area contributed by atoms with Crippen LogP contribution in [0, 0.1) is 11.7 Å². The lowest BCUT2D eigenvalue weighted by Crippen LogP contribution is -2.37. The molecule has 4 heteroatoms. The van der Waals surface area contributed by atoms with Crippen LogP contribution in [0.3, 0.4) is 0 Å². The number of nitrogens with one attached hydrogen (secondary N) is 2. The topological polar surface area (TPSA) is 41.1 Å². The Kier molecular flexibility index (Phi) is 3.51. The van der Waals surface area contributed by atoms with Crippen molar-refractivity contribution < 1.29 is 9.18 Å². The molecular formula is C12H15FN2O. The van der Waals surface area contributed by atoms with E-state index in [-0.39, 0.29) is 17.6 Å². The number of piperidine rings is 1. The number of carbonyl (C=O) groups excluding carboxylic acids is 1. The molecular weight excluding hydrogens is 207 g/mol. The fourth-order valence-corrected chi connectivity index (χ4v) is 1.89. The minimum atomic E-state index is -0.334. The van der Waals surface area contributed by atoms with Gasteiger partial charge in [0.25, 0.3) is 0 Å². The summed E-state index contributed by atoms with van der Waals surface area (Å²) in [4.78, 5) is 11.8. The Balaban J connectivity index is 1.96. The summed E-state index contributed by atoms with van der Waals surface area (Å²) in [5, 5.41) is 5.91. The molecule has 1 aromatic carbocycles. The van der Waals surface area contributed by atoms with Crippen molar-refractivity contribution in [3.05, 3.63) is 30.1 Å². The predicted molar refractivity (Wildman–Crippen MR) is 60.6 cm³/mol. The number of halogens is 1. The van der Waals surface area contributed by atoms with Crippen LogP contribution in [0.5, 0.6) is 0 Å². The Morgan fingerprint density at radius 3 is 3.06 bits per heavy atom. The van der Waals surface area contributed by atoms with Crippen LogP contribution in [0.15, 0.2) is 24.3 Å². The van der Waals surface area contributed by atoms with Gasteiger partial charge in [-0.2, -0.15) is 0 Å². The van der Waals surface area contributed by atoms with E-state index in [2.05, 4.69) is 10.6 Å². The largest absolute Gasteiger partial charge is 0.326 e. The second-order valence-electron chi connectivity index (χ2n) is 4.04. The van der Waals surface area contributed by atoms with Crippen LogP contribution in [-0.2, 0) is 4.79 Å². The predicted octanol–water partition coefficient (Wildman–Crippen LogP) is 1.76. The lowest BCUT2D eigenvalue weighted by atomic mass is 9.99. The highest BCUT2D eigenvalue weighted by Crippen LogP contribution is 2.14. The first-order valence-corrected chi connectivity index (χ1v) is 5.53. The van der Waals surface area contributed by atoms with Crippen LogP contribution in [0.25, 0.3) is 0 Å². The molecule has 2 N–H and O–H groups in total. The van der Waals surface area contributed by atoms with Crippen LogP contribution in [0.2, 0.25) is 0 Å². The molecule has 0 aromatic heterocycles. The third-order valence-electron chi connectivity index (χ3n) is 2.76. The number of carbonyl (C=O) groups is 1. The Morgan fingerprint density at radius 2 is 2.38 bits per heavy atom. The molecule has 0 radical (unpaired) electrons. The quantitative estimate of drug-likeness (QED) is 0.800. The van der Waals surface area contributed by atoms with E-state index in [0.29, 0.717) is 12.2 Å². The molecule has 1 unspecified atom stereocenters. The molecule has 0 saturated carbocycles. The number of rotatable bonds is 2. The summed E-state index contributed by atoms with van der Waals surface area (Å²) >= 11 is 0. The molecule has 1 saturated heterocycles. The van der Waals surface area contributed by atoms with Crippen LogP contribution in [0.4, 0.5) is 10.1 Å². The number of hydrogen-bond acceptors (Lipinski definition) is 2. The number of anilines is 1. The van der Waals surface area contributed by atoms with Gasteiger partial charge in [-0.05, 0) is 37.6 Å². The Labute approximate surface area is 94.0 Å². The first kappa shape index (κ1) is 11.1. The van der Waals surface area contributed by atoms with Crippen molar-refractivity contribution in [2.75, 3.05) is 18.4 Å². The van der Waals surface area contributed by atoms with Crippen molar-refractivity contribution in [2.24, 2.45) is 5.92 Å². The zero-order valence-electron chi connectivity index (χ0n) is 9.00. The second kappa shape index (κ2) is 5.07. The van der Waals surface area contributed by atoms with Crippen LogP contribution < -0.4 is 10.6 Å². The van der Waals surface area contributed by atoms with Gasteiger partial charge in [0.05, 0.1) is 5.92 Å². The van der Waals surface area contributed by atoms with E-state index in [1.165, 1.54) is 12.1 Å². The molecule has 0 spiro atoms. The minimum Gasteiger partial charge on any atom is -0.326 e. The molecule has 16 heavy (non-hydrogen) atoms. The van der Waals surface area contributed by atoms with Gasteiger partial charge in [0.1, 0.15) is 5.82 Å². The normalized spacial score (nSPS) is 20.4. The molecule has 1 fully saturated rings. The fourth-order valence-electron chi connectivity index (χ4n) is 1.89. The highest BCUT2D eigenvalue weighted by Gasteiger charge is 2.20. The Morgan fingerprint density at radius 1 is 1.50 bits per heavy atom. The monoisotopic (exact) mass is 222 g/mol. The van der Waals surface area contributed by atoms with Gasteiger partial charge in [0.2, 0.25) is 5.91 Å². The molecule has 0 aliphatic carbocycles. The first-order chi connectivity index (χ1) is 7.75. The van der Waals surface area contributed by atoms with E-state index >= 15 is 0 Å². The molecule has 1 amide bonds. The highest BCUT2D eigenvalue weighted by atomic mass is 19.1. The van der Waals surface area contributed by atoms with E-state index in [1.54, 1.807) is 12.1 Å². The minimum absolute atomic E-state index is 0.00276. The maximum absolute atomic E-state index is 12.9. The van der Waals surface area contributed by atoms with Gasteiger partial charge in [0.15, 0.2) is 0 Å². The van der Waals surface area contributed by atoms with Gasteiger partial charge in [-0.25, -0.2) is 4.39 Å². The summed E-state index contributed by atoms with van der Waals surface area (Å²) in [6.07, 6.45) is 1.91. The summed E-state index contributed by atoms with van der Waals surface area (Å²) in [6, 6.07) is 5.97. The smallest absolute Gasteiger partial charge is 0.228 e. The lowest BCUT2D eigenvalue weighted by molar-refractivity contribution is -0.120.